The predicted molar refractivity (Wildman–Crippen MR) is 120 cm³/mol. The van der Waals surface area contributed by atoms with E-state index in [1.54, 1.807) is 30.3 Å². The second kappa shape index (κ2) is 8.46. The van der Waals surface area contributed by atoms with Crippen LogP contribution in [0.4, 0.5) is 13.2 Å². The Kier molecular flexibility index (Phi) is 5.65. The van der Waals surface area contributed by atoms with E-state index in [4.69, 9.17) is 0 Å². The molecule has 0 radical (unpaired) electrons. The molecule has 0 N–H and O–H groups in total. The van der Waals surface area contributed by atoms with E-state index in [1.807, 2.05) is 12.1 Å². The molecule has 2 aromatic carbocycles. The lowest BCUT2D eigenvalue weighted by Gasteiger charge is -2.14. The second-order valence-corrected chi connectivity index (χ2v) is 7.93. The molecule has 4 rings (SSSR count). The molecule has 34 heavy (non-hydrogen) atoms. The number of aromatic nitrogens is 3. The lowest BCUT2D eigenvalue weighted by atomic mass is 10.0. The lowest BCUT2D eigenvalue weighted by molar-refractivity contribution is -0.144. The van der Waals surface area contributed by atoms with Crippen LogP contribution in [0.3, 0.4) is 0 Å². The van der Waals surface area contributed by atoms with Gasteiger partial charge in [0.25, 0.3) is 5.56 Å². The number of allylic oxidation sites excluding steroid dienone is 1. The van der Waals surface area contributed by atoms with E-state index in [2.05, 4.69) is 4.37 Å². The minimum absolute atomic E-state index is 0.0305. The van der Waals surface area contributed by atoms with Gasteiger partial charge in [0.15, 0.2) is 0 Å². The Bertz CT molecular complexity index is 1680. The first-order valence-corrected chi connectivity index (χ1v) is 10.3. The quantitative estimate of drug-likeness (QED) is 0.412. The molecule has 4 aromatic rings. The predicted octanol–water partition coefficient (Wildman–Crippen LogP) is 4.10. The Morgan fingerprint density at radius 1 is 1.12 bits per heavy atom. The number of hydrogen-bond acceptors (Lipinski definition) is 6. The van der Waals surface area contributed by atoms with Crippen LogP contribution >= 0.6 is 11.5 Å². The average Bonchev–Trinajstić information content (AvgIpc) is 3.22. The molecule has 0 aliphatic rings. The second-order valence-electron chi connectivity index (χ2n) is 7.12. The third-order valence-corrected chi connectivity index (χ3v) is 5.91. The standard InChI is InChI=1S/C23H12F3N5O2S/c1-30-19(23(24,25)26)10-20(32)31(22(30)33)16-6-7-18-17(9-16)21(29-34-18)15(12-28)8-13-4-2-3-5-14(13)11-27/h2-10H,1H3. The zero-order chi connectivity index (χ0) is 24.6. The van der Waals surface area contributed by atoms with E-state index in [-0.39, 0.29) is 17.0 Å². The maximum absolute atomic E-state index is 13.2. The van der Waals surface area contributed by atoms with Crippen molar-refractivity contribution in [1.82, 2.24) is 13.5 Å². The van der Waals surface area contributed by atoms with Crippen molar-refractivity contribution in [3.05, 3.63) is 91.9 Å². The molecule has 0 atom stereocenters. The zero-order valence-electron chi connectivity index (χ0n) is 17.3. The highest BCUT2D eigenvalue weighted by Crippen LogP contribution is 2.31. The molecule has 0 spiro atoms. The first kappa shape index (κ1) is 22.7. The van der Waals surface area contributed by atoms with Gasteiger partial charge in [-0.3, -0.25) is 9.36 Å². The summed E-state index contributed by atoms with van der Waals surface area (Å²) in [6.07, 6.45) is -3.37. The highest BCUT2D eigenvalue weighted by molar-refractivity contribution is 7.13. The number of nitrogens with zero attached hydrogens (tertiary/aromatic N) is 5. The molecule has 0 bridgehead atoms. The number of hydrogen-bond donors (Lipinski definition) is 0. The van der Waals surface area contributed by atoms with Crippen LogP contribution in [0.5, 0.6) is 0 Å². The first-order valence-electron chi connectivity index (χ1n) is 9.57. The van der Waals surface area contributed by atoms with Crippen molar-refractivity contribution in [3.63, 3.8) is 0 Å². The van der Waals surface area contributed by atoms with Crippen LogP contribution in [-0.2, 0) is 13.2 Å². The summed E-state index contributed by atoms with van der Waals surface area (Å²) in [5.74, 6) is 0. The monoisotopic (exact) mass is 479 g/mol. The van der Waals surface area contributed by atoms with Gasteiger partial charge in [0, 0.05) is 18.5 Å². The largest absolute Gasteiger partial charge is 0.431 e. The van der Waals surface area contributed by atoms with Gasteiger partial charge in [0.05, 0.1) is 27.6 Å². The molecule has 0 fully saturated rings. The Morgan fingerprint density at radius 3 is 2.53 bits per heavy atom. The van der Waals surface area contributed by atoms with Crippen LogP contribution < -0.4 is 11.2 Å². The topological polar surface area (TPSA) is 104 Å². The van der Waals surface area contributed by atoms with Crippen molar-refractivity contribution in [2.45, 2.75) is 6.18 Å². The van der Waals surface area contributed by atoms with Crippen LogP contribution in [-0.4, -0.2) is 13.5 Å². The van der Waals surface area contributed by atoms with Gasteiger partial charge < -0.3 is 0 Å². The summed E-state index contributed by atoms with van der Waals surface area (Å²) in [6.45, 7) is 0. The highest BCUT2D eigenvalue weighted by Gasteiger charge is 2.35. The minimum atomic E-state index is -4.87. The minimum Gasteiger partial charge on any atom is -0.292 e. The number of halogens is 3. The zero-order valence-corrected chi connectivity index (χ0v) is 18.1. The molecule has 2 aromatic heterocycles. The van der Waals surface area contributed by atoms with Gasteiger partial charge in [-0.1, -0.05) is 18.2 Å². The smallest absolute Gasteiger partial charge is 0.292 e. The summed E-state index contributed by atoms with van der Waals surface area (Å²) in [4.78, 5) is 25.1. The van der Waals surface area contributed by atoms with Gasteiger partial charge >= 0.3 is 11.9 Å². The maximum Gasteiger partial charge on any atom is 0.431 e. The summed E-state index contributed by atoms with van der Waals surface area (Å²) in [6, 6.07) is 15.5. The van der Waals surface area contributed by atoms with Gasteiger partial charge in [0.2, 0.25) is 0 Å². The molecular weight excluding hydrogens is 467 g/mol. The van der Waals surface area contributed by atoms with Gasteiger partial charge in [0.1, 0.15) is 17.5 Å². The van der Waals surface area contributed by atoms with Crippen molar-refractivity contribution < 1.29 is 13.2 Å². The molecule has 168 valence electrons. The van der Waals surface area contributed by atoms with E-state index in [0.717, 1.165) is 18.6 Å². The van der Waals surface area contributed by atoms with Crippen molar-refractivity contribution in [2.24, 2.45) is 7.05 Å². The van der Waals surface area contributed by atoms with Gasteiger partial charge in [-0.2, -0.15) is 28.1 Å². The van der Waals surface area contributed by atoms with E-state index >= 15 is 0 Å². The Hall–Kier alpha value is -4.48. The fraction of sp³-hybridized carbons (Fsp3) is 0.0870. The van der Waals surface area contributed by atoms with Crippen molar-refractivity contribution >= 4 is 33.3 Å². The number of alkyl halides is 3. The fourth-order valence-electron chi connectivity index (χ4n) is 3.43. The molecular formula is C23H12F3N5O2S. The normalized spacial score (nSPS) is 11.9. The lowest BCUT2D eigenvalue weighted by Crippen LogP contribution is -2.40. The number of nitriles is 2. The summed E-state index contributed by atoms with van der Waals surface area (Å²) < 4.78 is 45.4. The van der Waals surface area contributed by atoms with E-state index in [9.17, 15) is 33.3 Å². The third kappa shape index (κ3) is 3.89. The molecule has 7 nitrogen and oxygen atoms in total. The van der Waals surface area contributed by atoms with E-state index in [1.165, 1.54) is 18.2 Å². The molecule has 0 aliphatic heterocycles. The van der Waals surface area contributed by atoms with E-state index < -0.39 is 23.1 Å². The molecule has 0 aliphatic carbocycles. The molecule has 0 saturated carbocycles. The van der Waals surface area contributed by atoms with Gasteiger partial charge in [-0.15, -0.1) is 0 Å². The average molecular weight is 479 g/mol. The van der Waals surface area contributed by atoms with Crippen LogP contribution in [0.1, 0.15) is 22.5 Å². The van der Waals surface area contributed by atoms with Crippen molar-refractivity contribution in [3.8, 4) is 17.8 Å². The summed E-state index contributed by atoms with van der Waals surface area (Å²) in [7, 11) is 0.931. The van der Waals surface area contributed by atoms with Gasteiger partial charge in [-0.25, -0.2) is 9.36 Å². The summed E-state index contributed by atoms with van der Waals surface area (Å²) in [5.41, 5.74) is -2.37. The highest BCUT2D eigenvalue weighted by atomic mass is 32.1. The Morgan fingerprint density at radius 2 is 1.85 bits per heavy atom. The molecule has 0 unspecified atom stereocenters. The first-order chi connectivity index (χ1) is 16.2. The molecule has 0 saturated heterocycles. The maximum atomic E-state index is 13.2. The van der Waals surface area contributed by atoms with E-state index in [0.29, 0.717) is 36.4 Å². The molecule has 11 heteroatoms. The van der Waals surface area contributed by atoms with Crippen molar-refractivity contribution in [1.29, 1.82) is 10.5 Å². The number of fused-ring (bicyclic) bond motifs is 1. The Balaban J connectivity index is 1.92. The summed E-state index contributed by atoms with van der Waals surface area (Å²) in [5, 5.41) is 19.5. The SMILES string of the molecule is Cn1c(C(F)(F)F)cc(=O)n(-c2ccc3snc(C(C#N)=Cc4ccccc4C#N)c3c2)c1=O. The van der Waals surface area contributed by atoms with Crippen LogP contribution in [0.25, 0.3) is 27.4 Å². The van der Waals surface area contributed by atoms with Crippen LogP contribution in [0, 0.1) is 22.7 Å². The molecule has 0 amide bonds. The number of benzene rings is 2. The van der Waals surface area contributed by atoms with Gasteiger partial charge in [-0.05, 0) is 47.4 Å². The Labute approximate surface area is 193 Å². The third-order valence-electron chi connectivity index (χ3n) is 5.08. The van der Waals surface area contributed by atoms with Crippen molar-refractivity contribution in [2.75, 3.05) is 0 Å². The summed E-state index contributed by atoms with van der Waals surface area (Å²) >= 11 is 1.07. The number of rotatable bonds is 3. The fourth-order valence-corrected chi connectivity index (χ4v) is 4.20. The molecule has 2 heterocycles. The van der Waals surface area contributed by atoms with Crippen LogP contribution in [0.15, 0.2) is 58.1 Å². The van der Waals surface area contributed by atoms with Crippen LogP contribution in [0.2, 0.25) is 0 Å².